The molecule has 0 atom stereocenters. The third-order valence-corrected chi connectivity index (χ3v) is 3.15. The monoisotopic (exact) mass is 297 g/mol. The third-order valence-electron chi connectivity index (χ3n) is 3.15. The fraction of sp³-hybridized carbons (Fsp3) is 0.235. The average molecular weight is 297 g/mol. The quantitative estimate of drug-likeness (QED) is 0.658. The van der Waals surface area contributed by atoms with Crippen molar-refractivity contribution in [2.75, 3.05) is 6.61 Å². The number of ether oxygens (including phenoxy) is 1. The number of amides is 1. The summed E-state index contributed by atoms with van der Waals surface area (Å²) in [6.45, 7) is 3.84. The van der Waals surface area contributed by atoms with Crippen LogP contribution in [0.25, 0.3) is 0 Å². The van der Waals surface area contributed by atoms with Crippen LogP contribution in [-0.2, 0) is 11.2 Å². The number of hydrogen-bond acceptors (Lipinski definition) is 4. The Morgan fingerprint density at radius 1 is 1.18 bits per heavy atom. The Morgan fingerprint density at radius 3 is 2.50 bits per heavy atom. The second-order valence-electron chi connectivity index (χ2n) is 4.75. The molecule has 0 saturated carbocycles. The number of nitrogens with zero attached hydrogens (tertiary/aromatic N) is 2. The summed E-state index contributed by atoms with van der Waals surface area (Å²) in [5.41, 5.74) is 5.33. The van der Waals surface area contributed by atoms with Crippen LogP contribution in [0.3, 0.4) is 0 Å². The molecule has 0 aliphatic heterocycles. The van der Waals surface area contributed by atoms with E-state index in [9.17, 15) is 4.79 Å². The van der Waals surface area contributed by atoms with Gasteiger partial charge in [-0.3, -0.25) is 9.78 Å². The van der Waals surface area contributed by atoms with E-state index in [2.05, 4.69) is 22.4 Å². The van der Waals surface area contributed by atoms with E-state index < -0.39 is 0 Å². The first kappa shape index (κ1) is 15.7. The van der Waals surface area contributed by atoms with Gasteiger partial charge in [-0.05, 0) is 43.2 Å². The van der Waals surface area contributed by atoms with Crippen LogP contribution in [0.15, 0.2) is 53.9 Å². The Morgan fingerprint density at radius 2 is 1.86 bits per heavy atom. The first-order valence-electron chi connectivity index (χ1n) is 7.14. The molecule has 0 fully saturated rings. The Kier molecular flexibility index (Phi) is 5.65. The Balaban J connectivity index is 1.82. The number of hydrogen-bond donors (Lipinski definition) is 1. The Labute approximate surface area is 130 Å². The fourth-order valence-electron chi connectivity index (χ4n) is 1.81. The van der Waals surface area contributed by atoms with Gasteiger partial charge in [0.25, 0.3) is 5.91 Å². The van der Waals surface area contributed by atoms with Crippen molar-refractivity contribution < 1.29 is 9.53 Å². The SMILES string of the molecule is CCc1ccc(OCC(=O)N/N=C(\C)c2ccncc2)cc1. The second-order valence-corrected chi connectivity index (χ2v) is 4.75. The molecule has 0 radical (unpaired) electrons. The summed E-state index contributed by atoms with van der Waals surface area (Å²) in [4.78, 5) is 15.7. The van der Waals surface area contributed by atoms with Crippen molar-refractivity contribution in [1.82, 2.24) is 10.4 Å². The highest BCUT2D eigenvalue weighted by molar-refractivity contribution is 5.99. The minimum atomic E-state index is -0.298. The molecular weight excluding hydrogens is 278 g/mol. The molecule has 0 aliphatic rings. The lowest BCUT2D eigenvalue weighted by atomic mass is 10.2. The number of rotatable bonds is 6. The van der Waals surface area contributed by atoms with Gasteiger partial charge >= 0.3 is 0 Å². The predicted molar refractivity (Wildman–Crippen MR) is 85.9 cm³/mol. The molecule has 0 saturated heterocycles. The van der Waals surface area contributed by atoms with Crippen LogP contribution in [0.1, 0.15) is 25.0 Å². The molecule has 1 aromatic heterocycles. The zero-order chi connectivity index (χ0) is 15.8. The summed E-state index contributed by atoms with van der Waals surface area (Å²) in [7, 11) is 0. The highest BCUT2D eigenvalue weighted by Crippen LogP contribution is 2.12. The van der Waals surface area contributed by atoms with E-state index in [-0.39, 0.29) is 12.5 Å². The standard InChI is InChI=1S/C17H19N3O2/c1-3-14-4-6-16(7-5-14)22-12-17(21)20-19-13(2)15-8-10-18-11-9-15/h4-11H,3,12H2,1-2H3,(H,20,21)/b19-13+. The maximum Gasteiger partial charge on any atom is 0.277 e. The van der Waals surface area contributed by atoms with Crippen molar-refractivity contribution in [1.29, 1.82) is 0 Å². The predicted octanol–water partition coefficient (Wildman–Crippen LogP) is 2.56. The van der Waals surface area contributed by atoms with E-state index in [1.807, 2.05) is 43.3 Å². The van der Waals surface area contributed by atoms with Gasteiger partial charge in [-0.1, -0.05) is 19.1 Å². The van der Waals surface area contributed by atoms with Crippen molar-refractivity contribution in [3.8, 4) is 5.75 Å². The molecule has 0 bridgehead atoms. The Bertz CT molecular complexity index is 637. The summed E-state index contributed by atoms with van der Waals surface area (Å²) < 4.78 is 5.41. The van der Waals surface area contributed by atoms with Crippen LogP contribution < -0.4 is 10.2 Å². The molecule has 114 valence electrons. The van der Waals surface area contributed by atoms with Crippen LogP contribution in [0.2, 0.25) is 0 Å². The largest absolute Gasteiger partial charge is 0.484 e. The zero-order valence-corrected chi connectivity index (χ0v) is 12.7. The lowest BCUT2D eigenvalue weighted by Gasteiger charge is -2.06. The number of pyridine rings is 1. The number of aromatic nitrogens is 1. The molecular formula is C17H19N3O2. The van der Waals surface area contributed by atoms with Crippen LogP contribution in [0, 0.1) is 0 Å². The van der Waals surface area contributed by atoms with Gasteiger partial charge in [-0.15, -0.1) is 0 Å². The molecule has 1 amide bonds. The van der Waals surface area contributed by atoms with Crippen molar-refractivity contribution in [3.63, 3.8) is 0 Å². The van der Waals surface area contributed by atoms with Crippen LogP contribution in [0.5, 0.6) is 5.75 Å². The van der Waals surface area contributed by atoms with E-state index >= 15 is 0 Å². The average Bonchev–Trinajstić information content (AvgIpc) is 2.59. The molecule has 5 heteroatoms. The molecule has 1 N–H and O–H groups in total. The summed E-state index contributed by atoms with van der Waals surface area (Å²) >= 11 is 0. The summed E-state index contributed by atoms with van der Waals surface area (Å²) in [5, 5.41) is 4.04. The first-order valence-corrected chi connectivity index (χ1v) is 7.14. The number of carbonyl (C=O) groups is 1. The van der Waals surface area contributed by atoms with Crippen molar-refractivity contribution >= 4 is 11.6 Å². The molecule has 1 aromatic carbocycles. The van der Waals surface area contributed by atoms with Crippen molar-refractivity contribution in [2.45, 2.75) is 20.3 Å². The molecule has 5 nitrogen and oxygen atoms in total. The van der Waals surface area contributed by atoms with E-state index in [1.54, 1.807) is 12.4 Å². The zero-order valence-electron chi connectivity index (χ0n) is 12.7. The molecule has 0 aliphatic carbocycles. The number of aryl methyl sites for hydroxylation is 1. The normalized spacial score (nSPS) is 11.1. The third kappa shape index (κ3) is 4.70. The number of carbonyl (C=O) groups excluding carboxylic acids is 1. The molecule has 0 unspecified atom stereocenters. The fourth-order valence-corrected chi connectivity index (χ4v) is 1.81. The van der Waals surface area contributed by atoms with Crippen LogP contribution >= 0.6 is 0 Å². The number of benzene rings is 1. The molecule has 2 aromatic rings. The molecule has 2 rings (SSSR count). The van der Waals surface area contributed by atoms with Gasteiger partial charge in [0, 0.05) is 18.0 Å². The maximum atomic E-state index is 11.7. The first-order chi connectivity index (χ1) is 10.7. The minimum absolute atomic E-state index is 0.0708. The van der Waals surface area contributed by atoms with Gasteiger partial charge in [0.1, 0.15) is 5.75 Å². The van der Waals surface area contributed by atoms with Gasteiger partial charge in [0.2, 0.25) is 0 Å². The van der Waals surface area contributed by atoms with E-state index in [4.69, 9.17) is 4.74 Å². The highest BCUT2D eigenvalue weighted by atomic mass is 16.5. The van der Waals surface area contributed by atoms with Crippen molar-refractivity contribution in [2.24, 2.45) is 5.10 Å². The molecule has 1 heterocycles. The lowest BCUT2D eigenvalue weighted by Crippen LogP contribution is -2.25. The second kappa shape index (κ2) is 7.93. The highest BCUT2D eigenvalue weighted by Gasteiger charge is 2.03. The van der Waals surface area contributed by atoms with Gasteiger partial charge in [-0.25, -0.2) is 5.43 Å². The van der Waals surface area contributed by atoms with Gasteiger partial charge in [-0.2, -0.15) is 5.10 Å². The topological polar surface area (TPSA) is 63.6 Å². The smallest absolute Gasteiger partial charge is 0.277 e. The minimum Gasteiger partial charge on any atom is -0.484 e. The van der Waals surface area contributed by atoms with Gasteiger partial charge in [0.15, 0.2) is 6.61 Å². The lowest BCUT2D eigenvalue weighted by molar-refractivity contribution is -0.123. The van der Waals surface area contributed by atoms with E-state index in [0.717, 1.165) is 12.0 Å². The molecule has 22 heavy (non-hydrogen) atoms. The van der Waals surface area contributed by atoms with Crippen LogP contribution in [-0.4, -0.2) is 23.2 Å². The van der Waals surface area contributed by atoms with E-state index in [1.165, 1.54) is 5.56 Å². The summed E-state index contributed by atoms with van der Waals surface area (Å²) in [5.74, 6) is 0.371. The Hall–Kier alpha value is -2.69. The van der Waals surface area contributed by atoms with Gasteiger partial charge in [0.05, 0.1) is 5.71 Å². The van der Waals surface area contributed by atoms with Gasteiger partial charge < -0.3 is 4.74 Å². The van der Waals surface area contributed by atoms with Crippen LogP contribution in [0.4, 0.5) is 0 Å². The maximum absolute atomic E-state index is 11.7. The number of hydrazone groups is 1. The van der Waals surface area contributed by atoms with Crippen molar-refractivity contribution in [3.05, 3.63) is 59.9 Å². The number of nitrogens with one attached hydrogen (secondary N) is 1. The summed E-state index contributed by atoms with van der Waals surface area (Å²) in [6, 6.07) is 11.3. The van der Waals surface area contributed by atoms with E-state index in [0.29, 0.717) is 11.5 Å². The molecule has 0 spiro atoms. The summed E-state index contributed by atoms with van der Waals surface area (Å²) in [6.07, 6.45) is 4.34.